The third kappa shape index (κ3) is 4.90. The van der Waals surface area contributed by atoms with Crippen LogP contribution in [0.2, 0.25) is 0 Å². The fraction of sp³-hybridized carbons (Fsp3) is 0.800. The number of aliphatic imine (C=N–C) groups is 2. The van der Waals surface area contributed by atoms with Crippen molar-refractivity contribution in [2.24, 2.45) is 9.98 Å². The van der Waals surface area contributed by atoms with Crippen molar-refractivity contribution in [1.82, 2.24) is 5.32 Å². The third-order valence-corrected chi connectivity index (χ3v) is 2.26. The lowest BCUT2D eigenvalue weighted by Crippen LogP contribution is -2.38. The summed E-state index contributed by atoms with van der Waals surface area (Å²) >= 11 is 0. The van der Waals surface area contributed by atoms with Crippen molar-refractivity contribution in [3.8, 4) is 0 Å². The van der Waals surface area contributed by atoms with Crippen LogP contribution in [0.4, 0.5) is 0 Å². The summed E-state index contributed by atoms with van der Waals surface area (Å²) in [6.07, 6.45) is 2.00. The number of nitrogens with zero attached hydrogens (tertiary/aromatic N) is 2. The fourth-order valence-electron chi connectivity index (χ4n) is 1.41. The summed E-state index contributed by atoms with van der Waals surface area (Å²) in [4.78, 5) is 8.08. The van der Waals surface area contributed by atoms with Gasteiger partial charge in [0.25, 0.3) is 0 Å². The van der Waals surface area contributed by atoms with Crippen LogP contribution in [-0.4, -0.2) is 52.2 Å². The molecule has 0 aromatic heterocycles. The van der Waals surface area contributed by atoms with Crippen LogP contribution in [-0.2, 0) is 9.47 Å². The fourth-order valence-corrected chi connectivity index (χ4v) is 1.41. The summed E-state index contributed by atoms with van der Waals surface area (Å²) < 4.78 is 10.2. The normalized spacial score (nSPS) is 18.9. The zero-order valence-electron chi connectivity index (χ0n) is 9.24. The molecule has 1 saturated heterocycles. The Balaban J connectivity index is 2.30. The molecule has 1 rings (SSSR count). The second kappa shape index (κ2) is 7.36. The Morgan fingerprint density at radius 1 is 1.53 bits per heavy atom. The Hall–Kier alpha value is -0.940. The van der Waals surface area contributed by atoms with Crippen molar-refractivity contribution < 1.29 is 9.47 Å². The molecule has 0 amide bonds. The molecule has 0 unspecified atom stereocenters. The minimum Gasteiger partial charge on any atom is -0.383 e. The highest BCUT2D eigenvalue weighted by Gasteiger charge is 2.14. The van der Waals surface area contributed by atoms with Gasteiger partial charge >= 0.3 is 0 Å². The van der Waals surface area contributed by atoms with Crippen LogP contribution in [0.15, 0.2) is 9.98 Å². The predicted molar refractivity (Wildman–Crippen MR) is 60.7 cm³/mol. The molecular weight excluding hydrogens is 194 g/mol. The van der Waals surface area contributed by atoms with E-state index in [1.165, 1.54) is 0 Å². The summed E-state index contributed by atoms with van der Waals surface area (Å²) in [5, 5.41) is 3.25. The van der Waals surface area contributed by atoms with E-state index in [9.17, 15) is 0 Å². The first-order valence-electron chi connectivity index (χ1n) is 5.21. The number of hydrogen-bond donors (Lipinski definition) is 1. The number of methoxy groups -OCH3 is 1. The molecule has 1 aliphatic rings. The highest BCUT2D eigenvalue weighted by Crippen LogP contribution is 2.06. The van der Waals surface area contributed by atoms with Gasteiger partial charge in [0.15, 0.2) is 0 Å². The second-order valence-corrected chi connectivity index (χ2v) is 3.39. The van der Waals surface area contributed by atoms with Gasteiger partial charge in [-0.25, -0.2) is 9.98 Å². The Morgan fingerprint density at radius 2 is 2.27 bits per heavy atom. The lowest BCUT2D eigenvalue weighted by molar-refractivity contribution is 0.0823. The van der Waals surface area contributed by atoms with Gasteiger partial charge in [-0.2, -0.15) is 0 Å². The van der Waals surface area contributed by atoms with Crippen molar-refractivity contribution in [2.45, 2.75) is 18.9 Å². The number of guanidine groups is 1. The molecule has 1 fully saturated rings. The van der Waals surface area contributed by atoms with Crippen LogP contribution in [0.1, 0.15) is 12.8 Å². The van der Waals surface area contributed by atoms with Gasteiger partial charge < -0.3 is 14.8 Å². The standard InChI is InChI=1S/C10H19N3O2/c1-11-10(12-5-8-14-2)13-9-3-6-15-7-4-9/h9H,1,3-8H2,2H3,(H,12,13). The summed E-state index contributed by atoms with van der Waals surface area (Å²) in [5.41, 5.74) is 0. The number of rotatable bonds is 4. The van der Waals surface area contributed by atoms with Crippen LogP contribution >= 0.6 is 0 Å². The number of hydrogen-bond acceptors (Lipinski definition) is 3. The molecule has 0 radical (unpaired) electrons. The molecule has 5 heteroatoms. The van der Waals surface area contributed by atoms with Gasteiger partial charge in [-0.05, 0) is 19.6 Å². The van der Waals surface area contributed by atoms with Gasteiger partial charge in [-0.3, -0.25) is 0 Å². The zero-order valence-corrected chi connectivity index (χ0v) is 9.24. The van der Waals surface area contributed by atoms with E-state index in [0.29, 0.717) is 25.2 Å². The maximum absolute atomic E-state index is 5.27. The molecule has 5 nitrogen and oxygen atoms in total. The maximum Gasteiger partial charge on any atom is 0.217 e. The van der Waals surface area contributed by atoms with Gasteiger partial charge in [0.1, 0.15) is 0 Å². The van der Waals surface area contributed by atoms with Crippen LogP contribution in [0.3, 0.4) is 0 Å². The van der Waals surface area contributed by atoms with Crippen LogP contribution in [0.25, 0.3) is 0 Å². The van der Waals surface area contributed by atoms with E-state index >= 15 is 0 Å². The lowest BCUT2D eigenvalue weighted by atomic mass is 10.1. The van der Waals surface area contributed by atoms with Crippen LogP contribution in [0.5, 0.6) is 0 Å². The molecule has 0 saturated carbocycles. The zero-order chi connectivity index (χ0) is 10.9. The second-order valence-electron chi connectivity index (χ2n) is 3.39. The molecular formula is C10H19N3O2. The van der Waals surface area contributed by atoms with Crippen molar-refractivity contribution in [3.63, 3.8) is 0 Å². The van der Waals surface area contributed by atoms with Crippen LogP contribution < -0.4 is 5.32 Å². The molecule has 0 bridgehead atoms. The first-order valence-corrected chi connectivity index (χ1v) is 5.21. The van der Waals surface area contributed by atoms with Gasteiger partial charge in [0, 0.05) is 26.4 Å². The first kappa shape index (κ1) is 12.1. The molecule has 1 aliphatic heterocycles. The van der Waals surface area contributed by atoms with E-state index in [0.717, 1.165) is 26.1 Å². The van der Waals surface area contributed by atoms with E-state index in [1.54, 1.807) is 7.11 Å². The van der Waals surface area contributed by atoms with E-state index < -0.39 is 0 Å². The van der Waals surface area contributed by atoms with Crippen molar-refractivity contribution >= 4 is 12.7 Å². The number of nitrogens with one attached hydrogen (secondary N) is 1. The van der Waals surface area contributed by atoms with Gasteiger partial charge in [0.05, 0.1) is 13.2 Å². The molecule has 15 heavy (non-hydrogen) atoms. The van der Waals surface area contributed by atoms with Crippen molar-refractivity contribution in [2.75, 3.05) is 33.5 Å². The minimum absolute atomic E-state index is 0.408. The highest BCUT2D eigenvalue weighted by molar-refractivity contribution is 5.84. The Labute approximate surface area is 90.6 Å². The Bertz CT molecular complexity index is 213. The summed E-state index contributed by atoms with van der Waals surface area (Å²) in [6, 6.07) is 0.408. The van der Waals surface area contributed by atoms with E-state index in [4.69, 9.17) is 9.47 Å². The largest absolute Gasteiger partial charge is 0.383 e. The summed E-state index contributed by atoms with van der Waals surface area (Å²) in [7, 11) is 1.66. The third-order valence-electron chi connectivity index (χ3n) is 2.26. The molecule has 0 aliphatic carbocycles. The lowest BCUT2D eigenvalue weighted by Gasteiger charge is -2.23. The van der Waals surface area contributed by atoms with Gasteiger partial charge in [-0.1, -0.05) is 0 Å². The molecule has 86 valence electrons. The molecule has 0 aromatic rings. The molecule has 1 N–H and O–H groups in total. The summed E-state index contributed by atoms with van der Waals surface area (Å²) in [5.74, 6) is 0.610. The maximum atomic E-state index is 5.27. The SMILES string of the molecule is C=N/C(=N\CCOC)NC1CCOCC1. The smallest absolute Gasteiger partial charge is 0.217 e. The number of ether oxygens (including phenoxy) is 2. The molecule has 0 aromatic carbocycles. The minimum atomic E-state index is 0.408. The van der Waals surface area contributed by atoms with E-state index in [1.807, 2.05) is 0 Å². The quantitative estimate of drug-likeness (QED) is 0.419. The average Bonchev–Trinajstić information content (AvgIpc) is 2.29. The van der Waals surface area contributed by atoms with Crippen molar-refractivity contribution in [1.29, 1.82) is 0 Å². The predicted octanol–water partition coefficient (Wildman–Crippen LogP) is 0.458. The van der Waals surface area contributed by atoms with Crippen LogP contribution in [0, 0.1) is 0 Å². The summed E-state index contributed by atoms with van der Waals surface area (Å²) in [6.45, 7) is 6.32. The molecule has 0 atom stereocenters. The molecule has 1 heterocycles. The first-order chi connectivity index (χ1) is 7.36. The van der Waals surface area contributed by atoms with Crippen molar-refractivity contribution in [3.05, 3.63) is 0 Å². The van der Waals surface area contributed by atoms with Gasteiger partial charge in [0.2, 0.25) is 5.96 Å². The van der Waals surface area contributed by atoms with E-state index in [2.05, 4.69) is 22.0 Å². The molecule has 0 spiro atoms. The van der Waals surface area contributed by atoms with Gasteiger partial charge in [-0.15, -0.1) is 0 Å². The highest BCUT2D eigenvalue weighted by atomic mass is 16.5. The Kier molecular flexibility index (Phi) is 5.96. The monoisotopic (exact) mass is 213 g/mol. The Morgan fingerprint density at radius 3 is 2.87 bits per heavy atom. The average molecular weight is 213 g/mol. The van der Waals surface area contributed by atoms with E-state index in [-0.39, 0.29) is 0 Å². The topological polar surface area (TPSA) is 55.2 Å².